The molecule has 0 saturated carbocycles. The van der Waals surface area contributed by atoms with Crippen LogP contribution in [0.2, 0.25) is 0 Å². The lowest BCUT2D eigenvalue weighted by atomic mass is 10.2. The first kappa shape index (κ1) is 13.9. The highest BCUT2D eigenvalue weighted by molar-refractivity contribution is 7.17. The molecule has 4 rings (SSSR count). The number of pyridine rings is 1. The Bertz CT molecular complexity index is 983. The van der Waals surface area contributed by atoms with Crippen molar-refractivity contribution in [2.24, 2.45) is 0 Å². The molecule has 4 aromatic rings. The van der Waals surface area contributed by atoms with Crippen LogP contribution in [0.1, 0.15) is 9.75 Å². The van der Waals surface area contributed by atoms with Gasteiger partial charge in [-0.3, -0.25) is 0 Å². The lowest BCUT2D eigenvalue weighted by molar-refractivity contribution is 0.592. The highest BCUT2D eigenvalue weighted by atomic mass is 32.1. The molecule has 4 heterocycles. The quantitative estimate of drug-likeness (QED) is 0.462. The highest BCUT2D eigenvalue weighted by Crippen LogP contribution is 2.40. The molecule has 0 unspecified atom stereocenters. The van der Waals surface area contributed by atoms with Gasteiger partial charge in [0, 0.05) is 14.6 Å². The molecule has 110 valence electrons. The first-order chi connectivity index (χ1) is 10.6. The number of fused-ring (bicyclic) bond motifs is 1. The van der Waals surface area contributed by atoms with Crippen molar-refractivity contribution in [2.45, 2.75) is 13.8 Å². The molecule has 0 aliphatic carbocycles. The normalized spacial score (nSPS) is 11.4. The zero-order valence-corrected chi connectivity index (χ0v) is 14.2. The highest BCUT2D eigenvalue weighted by Gasteiger charge is 2.21. The summed E-state index contributed by atoms with van der Waals surface area (Å²) in [4.78, 5) is 8.28. The van der Waals surface area contributed by atoms with E-state index in [0.29, 0.717) is 16.8 Å². The van der Waals surface area contributed by atoms with E-state index in [4.69, 9.17) is 0 Å². The van der Waals surface area contributed by atoms with Gasteiger partial charge in [0.15, 0.2) is 0 Å². The average molecular weight is 347 g/mol. The van der Waals surface area contributed by atoms with Gasteiger partial charge in [-0.15, -0.1) is 27.8 Å². The summed E-state index contributed by atoms with van der Waals surface area (Å²) in [5.74, 6) is -0.457. The molecule has 0 N–H and O–H groups in total. The molecular weight excluding hydrogens is 337 g/mol. The summed E-state index contributed by atoms with van der Waals surface area (Å²) in [6.07, 6.45) is 0. The van der Waals surface area contributed by atoms with Crippen LogP contribution in [0.15, 0.2) is 24.3 Å². The predicted octanol–water partition coefficient (Wildman–Crippen LogP) is 5.30. The summed E-state index contributed by atoms with van der Waals surface area (Å²) in [6, 6.07) is 7.86. The van der Waals surface area contributed by atoms with E-state index in [1.165, 1.54) is 11.5 Å². The van der Waals surface area contributed by atoms with Gasteiger partial charge in [0.25, 0.3) is 0 Å². The van der Waals surface area contributed by atoms with Crippen LogP contribution in [-0.2, 0) is 0 Å². The number of rotatable bonds is 2. The van der Waals surface area contributed by atoms with Crippen LogP contribution in [0.25, 0.3) is 31.2 Å². The fraction of sp³-hybridized carbons (Fsp3) is 0.133. The zero-order chi connectivity index (χ0) is 15.3. The van der Waals surface area contributed by atoms with Crippen molar-refractivity contribution < 1.29 is 4.39 Å². The SMILES string of the molecule is Cc1ccc(-c2nc(F)c(-c3ccc(C)s3)c3snnc23)s1. The third-order valence-electron chi connectivity index (χ3n) is 3.32. The molecule has 0 saturated heterocycles. The first-order valence-corrected chi connectivity index (χ1v) is 8.99. The smallest absolute Gasteiger partial charge is 0.216 e. The molecule has 0 radical (unpaired) electrons. The largest absolute Gasteiger partial charge is 0.223 e. The Kier molecular flexibility index (Phi) is 3.28. The molecule has 4 aromatic heterocycles. The number of hydrogen-bond acceptors (Lipinski definition) is 6. The van der Waals surface area contributed by atoms with E-state index in [2.05, 4.69) is 14.6 Å². The minimum atomic E-state index is -0.457. The number of aromatic nitrogens is 3. The molecule has 0 fully saturated rings. The molecule has 22 heavy (non-hydrogen) atoms. The summed E-state index contributed by atoms with van der Waals surface area (Å²) in [5, 5.41) is 4.19. The molecule has 7 heteroatoms. The van der Waals surface area contributed by atoms with Crippen LogP contribution >= 0.6 is 34.2 Å². The van der Waals surface area contributed by atoms with Crippen molar-refractivity contribution in [3.63, 3.8) is 0 Å². The van der Waals surface area contributed by atoms with Crippen molar-refractivity contribution >= 4 is 44.4 Å². The second kappa shape index (κ2) is 5.19. The van der Waals surface area contributed by atoms with Crippen molar-refractivity contribution in [3.8, 4) is 21.0 Å². The van der Waals surface area contributed by atoms with E-state index in [1.807, 2.05) is 38.1 Å². The number of halogens is 1. The summed E-state index contributed by atoms with van der Waals surface area (Å²) < 4.78 is 19.5. The lowest BCUT2D eigenvalue weighted by Gasteiger charge is -2.04. The maximum absolute atomic E-state index is 14.7. The third-order valence-corrected chi connectivity index (χ3v) is 6.09. The minimum Gasteiger partial charge on any atom is -0.216 e. The van der Waals surface area contributed by atoms with Gasteiger partial charge < -0.3 is 0 Å². The van der Waals surface area contributed by atoms with Crippen LogP contribution in [0.4, 0.5) is 4.39 Å². The molecule has 0 spiro atoms. The van der Waals surface area contributed by atoms with Crippen LogP contribution < -0.4 is 0 Å². The van der Waals surface area contributed by atoms with E-state index in [9.17, 15) is 4.39 Å². The molecule has 0 atom stereocenters. The Balaban J connectivity index is 2.02. The van der Waals surface area contributed by atoms with E-state index in [-0.39, 0.29) is 0 Å². The Morgan fingerprint density at radius 3 is 2.27 bits per heavy atom. The monoisotopic (exact) mass is 347 g/mol. The van der Waals surface area contributed by atoms with Gasteiger partial charge in [0.05, 0.1) is 15.1 Å². The summed E-state index contributed by atoms with van der Waals surface area (Å²) in [7, 11) is 0. The predicted molar refractivity (Wildman–Crippen MR) is 91.3 cm³/mol. The zero-order valence-electron chi connectivity index (χ0n) is 11.8. The molecule has 0 bridgehead atoms. The Morgan fingerprint density at radius 2 is 1.64 bits per heavy atom. The summed E-state index contributed by atoms with van der Waals surface area (Å²) in [5.41, 5.74) is 1.77. The maximum atomic E-state index is 14.7. The number of thiophene rings is 2. The minimum absolute atomic E-state index is 0.457. The van der Waals surface area contributed by atoms with Gasteiger partial charge in [-0.25, -0.2) is 4.98 Å². The van der Waals surface area contributed by atoms with Crippen LogP contribution in [-0.4, -0.2) is 14.6 Å². The van der Waals surface area contributed by atoms with E-state index in [1.54, 1.807) is 22.7 Å². The maximum Gasteiger partial charge on any atom is 0.223 e. The Hall–Kier alpha value is -1.70. The standard InChI is InChI=1S/C15H10FN3S3/c1-7-3-5-9(20-7)11-14-13(18-19-22-14)12(17-15(11)16)10-6-4-8(2)21-10/h3-6H,1-2H3. The average Bonchev–Trinajstić information content (AvgIpc) is 3.19. The molecule has 0 amide bonds. The number of nitrogens with zero attached hydrogens (tertiary/aromatic N) is 3. The lowest BCUT2D eigenvalue weighted by Crippen LogP contribution is -1.92. The van der Waals surface area contributed by atoms with Gasteiger partial charge >= 0.3 is 0 Å². The van der Waals surface area contributed by atoms with Gasteiger partial charge in [0.1, 0.15) is 11.2 Å². The molecule has 3 nitrogen and oxygen atoms in total. The van der Waals surface area contributed by atoms with Gasteiger partial charge in [-0.2, -0.15) is 4.39 Å². The second-order valence-corrected chi connectivity index (χ2v) is 8.23. The Morgan fingerprint density at radius 1 is 0.955 bits per heavy atom. The van der Waals surface area contributed by atoms with Gasteiger partial charge in [0.2, 0.25) is 5.95 Å². The fourth-order valence-electron chi connectivity index (χ4n) is 2.33. The van der Waals surface area contributed by atoms with Crippen LogP contribution in [0.5, 0.6) is 0 Å². The topological polar surface area (TPSA) is 38.7 Å². The molecule has 0 aromatic carbocycles. The van der Waals surface area contributed by atoms with E-state index < -0.39 is 5.95 Å². The van der Waals surface area contributed by atoms with E-state index in [0.717, 1.165) is 24.2 Å². The molecule has 0 aliphatic heterocycles. The molecule has 0 aliphatic rings. The first-order valence-electron chi connectivity index (χ1n) is 6.58. The van der Waals surface area contributed by atoms with Crippen molar-refractivity contribution in [2.75, 3.05) is 0 Å². The number of hydrogen-bond donors (Lipinski definition) is 0. The number of aryl methyl sites for hydroxylation is 2. The van der Waals surface area contributed by atoms with Crippen molar-refractivity contribution in [3.05, 3.63) is 40.0 Å². The van der Waals surface area contributed by atoms with Crippen molar-refractivity contribution in [1.29, 1.82) is 0 Å². The summed E-state index contributed by atoms with van der Waals surface area (Å²) in [6.45, 7) is 4.02. The van der Waals surface area contributed by atoms with Gasteiger partial charge in [-0.05, 0) is 49.6 Å². The van der Waals surface area contributed by atoms with Crippen molar-refractivity contribution in [1.82, 2.24) is 14.6 Å². The summed E-state index contributed by atoms with van der Waals surface area (Å²) >= 11 is 4.35. The van der Waals surface area contributed by atoms with E-state index >= 15 is 0 Å². The van der Waals surface area contributed by atoms with Crippen LogP contribution in [0, 0.1) is 19.8 Å². The Labute approximate surface area is 138 Å². The fourth-order valence-corrected chi connectivity index (χ4v) is 4.87. The molecular formula is C15H10FN3S3. The van der Waals surface area contributed by atoms with Gasteiger partial charge in [-0.1, -0.05) is 4.49 Å². The third kappa shape index (κ3) is 2.16. The second-order valence-electron chi connectivity index (χ2n) is 4.90. The van der Waals surface area contributed by atoms with Crippen LogP contribution in [0.3, 0.4) is 0 Å².